The largest absolute Gasteiger partial charge is 0.334 e. The van der Waals surface area contributed by atoms with Crippen molar-refractivity contribution < 1.29 is 22.0 Å². The van der Waals surface area contributed by atoms with Gasteiger partial charge in [-0.3, -0.25) is 0 Å². The Bertz CT molecular complexity index is 1160. The van der Waals surface area contributed by atoms with Crippen LogP contribution in [0.1, 0.15) is 16.7 Å². The molecule has 8 nitrogen and oxygen atoms in total. The fraction of sp³-hybridized carbons (Fsp3) is 0.200. The second-order valence-electron chi connectivity index (χ2n) is 6.70. The van der Waals surface area contributed by atoms with Crippen molar-refractivity contribution in [1.82, 2.24) is 25.1 Å². The van der Waals surface area contributed by atoms with E-state index in [1.807, 2.05) is 0 Å². The molecule has 2 amide bonds. The summed E-state index contributed by atoms with van der Waals surface area (Å²) >= 11 is 0. The summed E-state index contributed by atoms with van der Waals surface area (Å²) in [6.45, 7) is 0.417. The van der Waals surface area contributed by atoms with E-state index in [-0.39, 0.29) is 24.5 Å². The molecule has 0 spiro atoms. The maximum Gasteiger partial charge on any atom is 0.315 e. The first kappa shape index (κ1) is 22.4. The van der Waals surface area contributed by atoms with Gasteiger partial charge >= 0.3 is 6.03 Å². The summed E-state index contributed by atoms with van der Waals surface area (Å²) in [7, 11) is -1.98. The molecule has 3 N–H and O–H groups in total. The third-order valence-electron chi connectivity index (χ3n) is 4.39. The third-order valence-corrected chi connectivity index (χ3v) is 5.72. The van der Waals surface area contributed by atoms with Crippen molar-refractivity contribution >= 4 is 16.1 Å². The average molecular weight is 449 g/mol. The zero-order valence-electron chi connectivity index (χ0n) is 16.6. The molecular weight excluding hydrogens is 428 g/mol. The van der Waals surface area contributed by atoms with E-state index in [2.05, 4.69) is 20.5 Å². The van der Waals surface area contributed by atoms with Crippen LogP contribution >= 0.6 is 0 Å². The minimum atomic E-state index is -3.34. The molecule has 0 saturated heterocycles. The molecule has 31 heavy (non-hydrogen) atoms. The summed E-state index contributed by atoms with van der Waals surface area (Å²) in [4.78, 5) is 12.0. The predicted octanol–water partition coefficient (Wildman–Crippen LogP) is 2.20. The van der Waals surface area contributed by atoms with Gasteiger partial charge in [-0.25, -0.2) is 31.4 Å². The zero-order valence-corrected chi connectivity index (χ0v) is 17.4. The number of carbonyl (C=O) groups is 1. The topological polar surface area (TPSA) is 105 Å². The number of sulfonamides is 1. The lowest BCUT2D eigenvalue weighted by molar-refractivity contribution is 0.240. The Hall–Kier alpha value is -3.31. The van der Waals surface area contributed by atoms with Crippen LogP contribution in [0, 0.1) is 11.6 Å². The second kappa shape index (κ2) is 9.67. The minimum Gasteiger partial charge on any atom is -0.334 e. The summed E-state index contributed by atoms with van der Waals surface area (Å²) in [5.41, 5.74) is 2.18. The van der Waals surface area contributed by atoms with Gasteiger partial charge in [-0.05, 0) is 30.3 Å². The van der Waals surface area contributed by atoms with E-state index in [1.54, 1.807) is 24.3 Å². The quantitative estimate of drug-likeness (QED) is 0.490. The Morgan fingerprint density at radius 1 is 1.00 bits per heavy atom. The average Bonchev–Trinajstić information content (AvgIpc) is 3.20. The van der Waals surface area contributed by atoms with E-state index in [0.717, 1.165) is 17.7 Å². The van der Waals surface area contributed by atoms with Crippen LogP contribution in [0.2, 0.25) is 0 Å². The number of hydrogen-bond acceptors (Lipinski definition) is 4. The molecule has 0 radical (unpaired) electrons. The van der Waals surface area contributed by atoms with Crippen molar-refractivity contribution in [1.29, 1.82) is 0 Å². The number of rotatable bonds is 8. The summed E-state index contributed by atoms with van der Waals surface area (Å²) in [5.74, 6) is -1.53. The van der Waals surface area contributed by atoms with Crippen molar-refractivity contribution in [2.24, 2.45) is 0 Å². The van der Waals surface area contributed by atoms with Crippen LogP contribution < -0.4 is 15.4 Å². The number of hydrogen-bond donors (Lipinski definition) is 3. The SMILES string of the molecule is CNS(=O)(=O)Cc1ccc(CNC(=O)NCc2cnn(-c3ccc(F)cc3F)c2)cc1. The van der Waals surface area contributed by atoms with Gasteiger partial charge in [0.25, 0.3) is 0 Å². The summed E-state index contributed by atoms with van der Waals surface area (Å²) in [6.07, 6.45) is 3.01. The maximum absolute atomic E-state index is 13.8. The maximum atomic E-state index is 13.8. The lowest BCUT2D eigenvalue weighted by Crippen LogP contribution is -2.34. The fourth-order valence-corrected chi connectivity index (χ4v) is 3.50. The highest BCUT2D eigenvalue weighted by molar-refractivity contribution is 7.88. The number of amides is 2. The summed E-state index contributed by atoms with van der Waals surface area (Å²) < 4.78 is 53.5. The Kier molecular flexibility index (Phi) is 6.98. The molecule has 3 rings (SSSR count). The number of nitrogens with zero attached hydrogens (tertiary/aromatic N) is 2. The summed E-state index contributed by atoms with van der Waals surface area (Å²) in [6, 6.07) is 9.62. The smallest absolute Gasteiger partial charge is 0.315 e. The number of carbonyl (C=O) groups excluding carboxylic acids is 1. The molecule has 0 unspecified atom stereocenters. The lowest BCUT2D eigenvalue weighted by Gasteiger charge is -2.08. The summed E-state index contributed by atoms with van der Waals surface area (Å²) in [5, 5.41) is 9.38. The van der Waals surface area contributed by atoms with Crippen molar-refractivity contribution in [2.45, 2.75) is 18.8 Å². The molecule has 0 aliphatic carbocycles. The highest BCUT2D eigenvalue weighted by Gasteiger charge is 2.10. The normalized spacial score (nSPS) is 11.3. The molecule has 2 aromatic carbocycles. The Morgan fingerprint density at radius 2 is 1.65 bits per heavy atom. The molecule has 0 aliphatic heterocycles. The molecule has 0 aliphatic rings. The number of halogens is 2. The molecule has 3 aromatic rings. The van der Waals surface area contributed by atoms with Gasteiger partial charge in [0.05, 0.1) is 11.9 Å². The van der Waals surface area contributed by atoms with E-state index in [0.29, 0.717) is 11.1 Å². The lowest BCUT2D eigenvalue weighted by atomic mass is 10.1. The highest BCUT2D eigenvalue weighted by atomic mass is 32.2. The van der Waals surface area contributed by atoms with Crippen molar-refractivity contribution in [3.8, 4) is 5.69 Å². The highest BCUT2D eigenvalue weighted by Crippen LogP contribution is 2.14. The van der Waals surface area contributed by atoms with Crippen molar-refractivity contribution in [2.75, 3.05) is 7.05 Å². The van der Waals surface area contributed by atoms with E-state index >= 15 is 0 Å². The fourth-order valence-electron chi connectivity index (χ4n) is 2.72. The van der Waals surface area contributed by atoms with Gasteiger partial charge in [-0.15, -0.1) is 0 Å². The van der Waals surface area contributed by atoms with Crippen LogP contribution in [0.5, 0.6) is 0 Å². The van der Waals surface area contributed by atoms with Gasteiger partial charge in [0.15, 0.2) is 5.82 Å². The molecule has 0 saturated carbocycles. The number of aromatic nitrogens is 2. The van der Waals surface area contributed by atoms with Crippen LogP contribution in [-0.4, -0.2) is 31.3 Å². The Labute approximate surface area is 178 Å². The van der Waals surface area contributed by atoms with Crippen LogP contribution in [0.3, 0.4) is 0 Å². The number of urea groups is 1. The van der Waals surface area contributed by atoms with Gasteiger partial charge in [0, 0.05) is 30.9 Å². The second-order valence-corrected chi connectivity index (χ2v) is 8.63. The molecule has 0 bridgehead atoms. The van der Waals surface area contributed by atoms with Crippen LogP contribution in [0.4, 0.5) is 13.6 Å². The molecule has 1 heterocycles. The van der Waals surface area contributed by atoms with E-state index in [1.165, 1.54) is 30.2 Å². The Balaban J connectivity index is 1.48. The first-order valence-electron chi connectivity index (χ1n) is 9.25. The van der Waals surface area contributed by atoms with Gasteiger partial charge in [-0.2, -0.15) is 5.10 Å². The van der Waals surface area contributed by atoms with Gasteiger partial charge in [0.2, 0.25) is 10.0 Å². The van der Waals surface area contributed by atoms with Crippen molar-refractivity contribution in [3.05, 3.63) is 83.2 Å². The third kappa shape index (κ3) is 6.33. The van der Waals surface area contributed by atoms with Gasteiger partial charge in [0.1, 0.15) is 11.5 Å². The monoisotopic (exact) mass is 449 g/mol. The minimum absolute atomic E-state index is 0.100. The molecule has 0 fully saturated rings. The molecule has 11 heteroatoms. The van der Waals surface area contributed by atoms with Crippen LogP contribution in [-0.2, 0) is 28.9 Å². The predicted molar refractivity (Wildman–Crippen MR) is 111 cm³/mol. The standard InChI is InChI=1S/C20H21F2N5O3S/c1-23-31(29,30)13-15-4-2-14(3-5-15)9-24-20(28)25-10-16-11-26-27(12-16)19-7-6-17(21)8-18(19)22/h2-8,11-12,23H,9-10,13H2,1H3,(H2,24,25,28). The molecule has 1 aromatic heterocycles. The van der Waals surface area contributed by atoms with Gasteiger partial charge < -0.3 is 10.6 Å². The number of benzene rings is 2. The molecule has 0 atom stereocenters. The van der Waals surface area contributed by atoms with E-state index in [4.69, 9.17) is 0 Å². The zero-order chi connectivity index (χ0) is 22.4. The van der Waals surface area contributed by atoms with Crippen molar-refractivity contribution in [3.63, 3.8) is 0 Å². The van der Waals surface area contributed by atoms with Crippen LogP contribution in [0.25, 0.3) is 5.69 Å². The number of nitrogens with one attached hydrogen (secondary N) is 3. The van der Waals surface area contributed by atoms with E-state index in [9.17, 15) is 22.0 Å². The first-order valence-corrected chi connectivity index (χ1v) is 10.9. The van der Waals surface area contributed by atoms with E-state index < -0.39 is 27.7 Å². The van der Waals surface area contributed by atoms with Crippen LogP contribution in [0.15, 0.2) is 54.9 Å². The first-order chi connectivity index (χ1) is 14.8. The molecular formula is C20H21F2N5O3S. The van der Waals surface area contributed by atoms with Gasteiger partial charge in [-0.1, -0.05) is 24.3 Å². The Morgan fingerprint density at radius 3 is 2.29 bits per heavy atom. The molecule has 164 valence electrons.